The van der Waals surface area contributed by atoms with Crippen LogP contribution in [0.4, 0.5) is 5.69 Å². The van der Waals surface area contributed by atoms with Crippen LogP contribution in [-0.4, -0.2) is 25.2 Å². The lowest BCUT2D eigenvalue weighted by Gasteiger charge is -2.24. The molecule has 16 heavy (non-hydrogen) atoms. The van der Waals surface area contributed by atoms with Gasteiger partial charge in [-0.15, -0.1) is 0 Å². The van der Waals surface area contributed by atoms with E-state index in [-0.39, 0.29) is 12.0 Å². The van der Waals surface area contributed by atoms with Crippen LogP contribution in [-0.2, 0) is 16.0 Å². The summed E-state index contributed by atoms with van der Waals surface area (Å²) in [6, 6.07) is 8.03. The molecule has 0 bridgehead atoms. The van der Waals surface area contributed by atoms with Gasteiger partial charge in [-0.1, -0.05) is 18.2 Å². The van der Waals surface area contributed by atoms with Gasteiger partial charge in [0.15, 0.2) is 0 Å². The van der Waals surface area contributed by atoms with Crippen LogP contribution in [0.2, 0.25) is 0 Å². The first-order valence-electron chi connectivity index (χ1n) is 5.79. The fourth-order valence-corrected chi connectivity index (χ4v) is 2.29. The summed E-state index contributed by atoms with van der Waals surface area (Å²) in [5.74, 6) is -0.111. The van der Waals surface area contributed by atoms with Gasteiger partial charge in [-0.3, -0.25) is 0 Å². The molecular weight excluding hydrogens is 202 g/mol. The Hall–Kier alpha value is -1.51. The van der Waals surface area contributed by atoms with Gasteiger partial charge in [0, 0.05) is 18.7 Å². The topological polar surface area (TPSA) is 29.5 Å². The summed E-state index contributed by atoms with van der Waals surface area (Å²) in [4.78, 5) is 13.9. The van der Waals surface area contributed by atoms with Crippen molar-refractivity contribution >= 4 is 11.7 Å². The molecule has 1 aliphatic rings. The smallest absolute Gasteiger partial charge is 0.329 e. The molecule has 2 rings (SSSR count). The highest BCUT2D eigenvalue weighted by Crippen LogP contribution is 2.31. The van der Waals surface area contributed by atoms with Gasteiger partial charge < -0.3 is 9.64 Å². The van der Waals surface area contributed by atoms with Gasteiger partial charge in [0.2, 0.25) is 0 Å². The number of fused-ring (bicyclic) bond motifs is 1. The molecule has 0 aliphatic carbocycles. The SMILES string of the molecule is CCOC(=O)C1Cc2ccccc2N1CC. The van der Waals surface area contributed by atoms with Gasteiger partial charge in [0.05, 0.1) is 6.61 Å². The molecule has 1 atom stereocenters. The van der Waals surface area contributed by atoms with Crippen LogP contribution in [0.5, 0.6) is 0 Å². The Bertz CT molecular complexity index is 389. The van der Waals surface area contributed by atoms with Gasteiger partial charge in [0.1, 0.15) is 6.04 Å². The molecule has 0 spiro atoms. The van der Waals surface area contributed by atoms with Crippen LogP contribution in [0.1, 0.15) is 19.4 Å². The van der Waals surface area contributed by atoms with Gasteiger partial charge in [-0.2, -0.15) is 0 Å². The average molecular weight is 219 g/mol. The number of anilines is 1. The largest absolute Gasteiger partial charge is 0.464 e. The quantitative estimate of drug-likeness (QED) is 0.728. The van der Waals surface area contributed by atoms with E-state index in [4.69, 9.17) is 4.74 Å². The van der Waals surface area contributed by atoms with Crippen LogP contribution < -0.4 is 4.90 Å². The molecule has 0 saturated heterocycles. The number of likely N-dealkylation sites (N-methyl/N-ethyl adjacent to an activating group) is 1. The maximum atomic E-state index is 11.8. The van der Waals surface area contributed by atoms with Crippen molar-refractivity contribution < 1.29 is 9.53 Å². The minimum absolute atomic E-state index is 0.111. The molecule has 1 aromatic carbocycles. The van der Waals surface area contributed by atoms with E-state index >= 15 is 0 Å². The van der Waals surface area contributed by atoms with E-state index in [1.807, 2.05) is 19.1 Å². The van der Waals surface area contributed by atoms with Crippen molar-refractivity contribution in [2.75, 3.05) is 18.1 Å². The molecule has 86 valence electrons. The van der Waals surface area contributed by atoms with Crippen molar-refractivity contribution in [3.63, 3.8) is 0 Å². The molecule has 0 fully saturated rings. The van der Waals surface area contributed by atoms with E-state index in [2.05, 4.69) is 24.0 Å². The summed E-state index contributed by atoms with van der Waals surface area (Å²) >= 11 is 0. The van der Waals surface area contributed by atoms with Crippen LogP contribution in [0, 0.1) is 0 Å². The number of esters is 1. The molecule has 0 N–H and O–H groups in total. The zero-order valence-corrected chi connectivity index (χ0v) is 9.77. The van der Waals surface area contributed by atoms with Crippen molar-refractivity contribution in [3.05, 3.63) is 29.8 Å². The second kappa shape index (κ2) is 4.56. The third-order valence-corrected chi connectivity index (χ3v) is 2.99. The third kappa shape index (κ3) is 1.77. The summed E-state index contributed by atoms with van der Waals surface area (Å²) in [6.07, 6.45) is 0.767. The Balaban J connectivity index is 2.24. The highest BCUT2D eigenvalue weighted by atomic mass is 16.5. The van der Waals surface area contributed by atoms with Crippen molar-refractivity contribution in [1.29, 1.82) is 0 Å². The van der Waals surface area contributed by atoms with Crippen molar-refractivity contribution in [2.45, 2.75) is 26.3 Å². The Kier molecular flexibility index (Phi) is 3.13. The summed E-state index contributed by atoms with van der Waals surface area (Å²) in [7, 11) is 0. The van der Waals surface area contributed by atoms with Gasteiger partial charge in [-0.05, 0) is 25.5 Å². The number of carbonyl (C=O) groups excluding carboxylic acids is 1. The summed E-state index contributed by atoms with van der Waals surface area (Å²) in [6.45, 7) is 5.19. The molecule has 3 heteroatoms. The minimum Gasteiger partial charge on any atom is -0.464 e. The van der Waals surface area contributed by atoms with E-state index < -0.39 is 0 Å². The van der Waals surface area contributed by atoms with E-state index in [1.165, 1.54) is 11.3 Å². The summed E-state index contributed by atoms with van der Waals surface area (Å²) < 4.78 is 5.11. The Labute approximate surface area is 96.0 Å². The van der Waals surface area contributed by atoms with E-state index in [9.17, 15) is 4.79 Å². The molecule has 0 saturated carbocycles. The number of ether oxygens (including phenoxy) is 1. The summed E-state index contributed by atoms with van der Waals surface area (Å²) in [5.41, 5.74) is 2.41. The Morgan fingerprint density at radius 2 is 2.19 bits per heavy atom. The van der Waals surface area contributed by atoms with Crippen LogP contribution in [0.3, 0.4) is 0 Å². The standard InChI is InChI=1S/C13H17NO2/c1-3-14-11-8-6-5-7-10(11)9-12(14)13(15)16-4-2/h5-8,12H,3-4,9H2,1-2H3. The van der Waals surface area contributed by atoms with E-state index in [1.54, 1.807) is 0 Å². The maximum absolute atomic E-state index is 11.8. The lowest BCUT2D eigenvalue weighted by Crippen LogP contribution is -2.39. The maximum Gasteiger partial charge on any atom is 0.329 e. The van der Waals surface area contributed by atoms with Gasteiger partial charge in [-0.25, -0.2) is 4.79 Å². The Morgan fingerprint density at radius 3 is 2.88 bits per heavy atom. The summed E-state index contributed by atoms with van der Waals surface area (Å²) in [5, 5.41) is 0. The first kappa shape index (κ1) is 11.0. The molecular formula is C13H17NO2. The molecule has 1 aliphatic heterocycles. The van der Waals surface area contributed by atoms with Crippen molar-refractivity contribution in [2.24, 2.45) is 0 Å². The highest BCUT2D eigenvalue weighted by molar-refractivity contribution is 5.83. The number of hydrogen-bond donors (Lipinski definition) is 0. The van der Waals surface area contributed by atoms with Gasteiger partial charge in [0.25, 0.3) is 0 Å². The third-order valence-electron chi connectivity index (χ3n) is 2.99. The monoisotopic (exact) mass is 219 g/mol. The van der Waals surface area contributed by atoms with Crippen LogP contribution >= 0.6 is 0 Å². The molecule has 1 heterocycles. The van der Waals surface area contributed by atoms with E-state index in [0.29, 0.717) is 6.61 Å². The number of hydrogen-bond acceptors (Lipinski definition) is 3. The number of carbonyl (C=O) groups is 1. The second-order valence-electron chi connectivity index (χ2n) is 3.89. The number of benzene rings is 1. The second-order valence-corrected chi connectivity index (χ2v) is 3.89. The first-order valence-corrected chi connectivity index (χ1v) is 5.79. The lowest BCUT2D eigenvalue weighted by atomic mass is 10.1. The van der Waals surface area contributed by atoms with E-state index in [0.717, 1.165) is 13.0 Å². The predicted molar refractivity (Wildman–Crippen MR) is 63.6 cm³/mol. The minimum atomic E-state index is -0.137. The van der Waals surface area contributed by atoms with Gasteiger partial charge >= 0.3 is 5.97 Å². The number of rotatable bonds is 3. The zero-order chi connectivity index (χ0) is 11.5. The zero-order valence-electron chi connectivity index (χ0n) is 9.77. The molecule has 0 radical (unpaired) electrons. The lowest BCUT2D eigenvalue weighted by molar-refractivity contribution is -0.144. The first-order chi connectivity index (χ1) is 7.77. The van der Waals surface area contributed by atoms with Crippen LogP contribution in [0.15, 0.2) is 24.3 Å². The fourth-order valence-electron chi connectivity index (χ4n) is 2.29. The molecule has 0 amide bonds. The molecule has 3 nitrogen and oxygen atoms in total. The fraction of sp³-hybridized carbons (Fsp3) is 0.462. The highest BCUT2D eigenvalue weighted by Gasteiger charge is 2.33. The molecule has 1 aromatic rings. The van der Waals surface area contributed by atoms with Crippen molar-refractivity contribution in [3.8, 4) is 0 Å². The Morgan fingerprint density at radius 1 is 1.44 bits per heavy atom. The predicted octanol–water partition coefficient (Wildman–Crippen LogP) is 2.00. The van der Waals surface area contributed by atoms with Crippen LogP contribution in [0.25, 0.3) is 0 Å². The average Bonchev–Trinajstić information content (AvgIpc) is 2.67. The molecule has 1 unspecified atom stereocenters. The number of para-hydroxylation sites is 1. The number of nitrogens with zero attached hydrogens (tertiary/aromatic N) is 1. The molecule has 0 aromatic heterocycles. The normalized spacial score (nSPS) is 18.4. The van der Waals surface area contributed by atoms with Crippen molar-refractivity contribution in [1.82, 2.24) is 0 Å².